The lowest BCUT2D eigenvalue weighted by molar-refractivity contribution is -0.130. The molecule has 2 rings (SSSR count). The van der Waals surface area contributed by atoms with Gasteiger partial charge in [0.2, 0.25) is 5.91 Å². The lowest BCUT2D eigenvalue weighted by atomic mass is 10.3. The molecule has 1 aromatic heterocycles. The van der Waals surface area contributed by atoms with Crippen molar-refractivity contribution in [2.75, 3.05) is 26.2 Å². The van der Waals surface area contributed by atoms with Gasteiger partial charge in [0.1, 0.15) is 5.01 Å². The molecule has 5 heteroatoms. The molecule has 0 spiro atoms. The van der Waals surface area contributed by atoms with Crippen molar-refractivity contribution in [1.82, 2.24) is 14.8 Å². The molecule has 1 aliphatic rings. The van der Waals surface area contributed by atoms with Crippen LogP contribution in [0.3, 0.4) is 0 Å². The molecule has 0 atom stereocenters. The Kier molecular flexibility index (Phi) is 3.56. The van der Waals surface area contributed by atoms with Crippen LogP contribution in [0.5, 0.6) is 0 Å². The number of hydrogen-bond donors (Lipinski definition) is 0. The predicted octanol–water partition coefficient (Wildman–Crippen LogP) is 1.12. The number of thiazole rings is 1. The second-order valence-corrected chi connectivity index (χ2v) is 5.11. The van der Waals surface area contributed by atoms with Crippen molar-refractivity contribution in [2.45, 2.75) is 20.4 Å². The van der Waals surface area contributed by atoms with E-state index in [-0.39, 0.29) is 5.91 Å². The van der Waals surface area contributed by atoms with E-state index in [9.17, 15) is 4.79 Å². The van der Waals surface area contributed by atoms with Gasteiger partial charge in [-0.05, 0) is 6.92 Å². The van der Waals surface area contributed by atoms with Gasteiger partial charge in [-0.15, -0.1) is 11.3 Å². The first-order valence-corrected chi connectivity index (χ1v) is 6.42. The van der Waals surface area contributed by atoms with Gasteiger partial charge in [-0.25, -0.2) is 4.98 Å². The van der Waals surface area contributed by atoms with Crippen molar-refractivity contribution >= 4 is 17.2 Å². The van der Waals surface area contributed by atoms with Crippen LogP contribution >= 0.6 is 11.3 Å². The minimum atomic E-state index is 0.185. The summed E-state index contributed by atoms with van der Waals surface area (Å²) in [7, 11) is 0. The molecular weight excluding hydrogens is 222 g/mol. The van der Waals surface area contributed by atoms with Gasteiger partial charge in [0, 0.05) is 44.2 Å². The normalized spacial score (nSPS) is 17.8. The Hall–Kier alpha value is -0.940. The highest BCUT2D eigenvalue weighted by molar-refractivity contribution is 7.09. The number of piperazine rings is 1. The molecule has 1 amide bonds. The van der Waals surface area contributed by atoms with Gasteiger partial charge < -0.3 is 4.90 Å². The van der Waals surface area contributed by atoms with Gasteiger partial charge in [-0.1, -0.05) is 0 Å². The largest absolute Gasteiger partial charge is 0.340 e. The van der Waals surface area contributed by atoms with Crippen LogP contribution in [-0.2, 0) is 11.3 Å². The van der Waals surface area contributed by atoms with E-state index in [4.69, 9.17) is 0 Å². The predicted molar refractivity (Wildman–Crippen MR) is 64.4 cm³/mol. The fourth-order valence-corrected chi connectivity index (χ4v) is 2.70. The molecule has 1 aliphatic heterocycles. The number of hydrogen-bond acceptors (Lipinski definition) is 4. The summed E-state index contributed by atoms with van der Waals surface area (Å²) in [5.41, 5.74) is 1.10. The number of rotatable bonds is 2. The second kappa shape index (κ2) is 4.93. The molecule has 1 aromatic rings. The van der Waals surface area contributed by atoms with Gasteiger partial charge in [0.25, 0.3) is 0 Å². The molecule has 0 unspecified atom stereocenters. The zero-order valence-corrected chi connectivity index (χ0v) is 10.6. The molecule has 0 aromatic carbocycles. The van der Waals surface area contributed by atoms with E-state index in [0.29, 0.717) is 0 Å². The van der Waals surface area contributed by atoms with Crippen LogP contribution in [0.4, 0.5) is 0 Å². The first kappa shape index (κ1) is 11.5. The SMILES string of the molecule is CC(=O)N1CCN(Cc2nc(C)cs2)CC1. The molecule has 0 aliphatic carbocycles. The minimum Gasteiger partial charge on any atom is -0.340 e. The first-order valence-electron chi connectivity index (χ1n) is 5.54. The summed E-state index contributed by atoms with van der Waals surface area (Å²) in [5, 5.41) is 3.26. The van der Waals surface area contributed by atoms with Crippen molar-refractivity contribution < 1.29 is 4.79 Å². The van der Waals surface area contributed by atoms with Gasteiger partial charge in [0.05, 0.1) is 6.54 Å². The van der Waals surface area contributed by atoms with E-state index in [0.717, 1.165) is 38.4 Å². The van der Waals surface area contributed by atoms with E-state index in [2.05, 4.69) is 15.3 Å². The molecular formula is C11H17N3OS. The van der Waals surface area contributed by atoms with Crippen LogP contribution in [0.15, 0.2) is 5.38 Å². The summed E-state index contributed by atoms with van der Waals surface area (Å²) in [4.78, 5) is 19.9. The molecule has 88 valence electrons. The van der Waals surface area contributed by atoms with Crippen LogP contribution in [0, 0.1) is 6.92 Å². The number of aryl methyl sites for hydroxylation is 1. The molecule has 4 nitrogen and oxygen atoms in total. The zero-order chi connectivity index (χ0) is 11.5. The Morgan fingerprint density at radius 3 is 2.62 bits per heavy atom. The Morgan fingerprint density at radius 1 is 1.44 bits per heavy atom. The summed E-state index contributed by atoms with van der Waals surface area (Å²) in [6, 6.07) is 0. The van der Waals surface area contributed by atoms with Crippen LogP contribution < -0.4 is 0 Å². The topological polar surface area (TPSA) is 36.4 Å². The van der Waals surface area contributed by atoms with Gasteiger partial charge in [0.15, 0.2) is 0 Å². The zero-order valence-electron chi connectivity index (χ0n) is 9.77. The Morgan fingerprint density at radius 2 is 2.12 bits per heavy atom. The second-order valence-electron chi connectivity index (χ2n) is 4.16. The maximum absolute atomic E-state index is 11.2. The number of nitrogens with zero attached hydrogens (tertiary/aromatic N) is 3. The lowest BCUT2D eigenvalue weighted by Crippen LogP contribution is -2.47. The highest BCUT2D eigenvalue weighted by Crippen LogP contribution is 2.13. The summed E-state index contributed by atoms with van der Waals surface area (Å²) < 4.78 is 0. The summed E-state index contributed by atoms with van der Waals surface area (Å²) >= 11 is 1.72. The Balaban J connectivity index is 1.83. The third kappa shape index (κ3) is 2.80. The van der Waals surface area contributed by atoms with E-state index >= 15 is 0 Å². The maximum Gasteiger partial charge on any atom is 0.219 e. The molecule has 1 saturated heterocycles. The summed E-state index contributed by atoms with van der Waals surface area (Å²) in [5.74, 6) is 0.185. The highest BCUT2D eigenvalue weighted by Gasteiger charge is 2.19. The monoisotopic (exact) mass is 239 g/mol. The van der Waals surface area contributed by atoms with Gasteiger partial charge in [-0.2, -0.15) is 0 Å². The minimum absolute atomic E-state index is 0.185. The molecule has 0 bridgehead atoms. The van der Waals surface area contributed by atoms with E-state index < -0.39 is 0 Å². The Labute approximate surface area is 99.9 Å². The van der Waals surface area contributed by atoms with E-state index in [1.807, 2.05) is 11.8 Å². The van der Waals surface area contributed by atoms with Crippen molar-refractivity contribution in [3.63, 3.8) is 0 Å². The smallest absolute Gasteiger partial charge is 0.219 e. The van der Waals surface area contributed by atoms with Crippen molar-refractivity contribution in [3.8, 4) is 0 Å². The fourth-order valence-electron chi connectivity index (χ4n) is 1.89. The van der Waals surface area contributed by atoms with E-state index in [1.54, 1.807) is 18.3 Å². The summed E-state index contributed by atoms with van der Waals surface area (Å²) in [6.45, 7) is 8.19. The number of carbonyl (C=O) groups excluding carboxylic acids is 1. The Bertz CT molecular complexity index is 369. The molecule has 1 fully saturated rings. The quantitative estimate of drug-likeness (QED) is 0.776. The van der Waals surface area contributed by atoms with Crippen LogP contribution in [0.2, 0.25) is 0 Å². The lowest BCUT2D eigenvalue weighted by Gasteiger charge is -2.33. The number of amides is 1. The maximum atomic E-state index is 11.2. The van der Waals surface area contributed by atoms with Gasteiger partial charge in [-0.3, -0.25) is 9.69 Å². The third-order valence-corrected chi connectivity index (χ3v) is 3.79. The van der Waals surface area contributed by atoms with Crippen molar-refractivity contribution in [1.29, 1.82) is 0 Å². The fraction of sp³-hybridized carbons (Fsp3) is 0.636. The standard InChI is InChI=1S/C11H17N3OS/c1-9-8-16-11(12-9)7-13-3-5-14(6-4-13)10(2)15/h8H,3-7H2,1-2H3. The van der Waals surface area contributed by atoms with Crippen LogP contribution in [-0.4, -0.2) is 46.9 Å². The molecule has 0 radical (unpaired) electrons. The van der Waals surface area contributed by atoms with Crippen molar-refractivity contribution in [3.05, 3.63) is 16.1 Å². The molecule has 2 heterocycles. The molecule has 0 saturated carbocycles. The molecule has 16 heavy (non-hydrogen) atoms. The van der Waals surface area contributed by atoms with Crippen LogP contribution in [0.1, 0.15) is 17.6 Å². The third-order valence-electron chi connectivity index (χ3n) is 2.84. The van der Waals surface area contributed by atoms with Crippen LogP contribution in [0.25, 0.3) is 0 Å². The van der Waals surface area contributed by atoms with Crippen molar-refractivity contribution in [2.24, 2.45) is 0 Å². The van der Waals surface area contributed by atoms with Gasteiger partial charge >= 0.3 is 0 Å². The number of aromatic nitrogens is 1. The summed E-state index contributed by atoms with van der Waals surface area (Å²) in [6.07, 6.45) is 0. The average Bonchev–Trinajstić information content (AvgIpc) is 2.65. The number of carbonyl (C=O) groups is 1. The first-order chi connectivity index (χ1) is 7.65. The molecule has 0 N–H and O–H groups in total. The van der Waals surface area contributed by atoms with E-state index in [1.165, 1.54) is 5.01 Å². The highest BCUT2D eigenvalue weighted by atomic mass is 32.1. The average molecular weight is 239 g/mol.